The lowest BCUT2D eigenvalue weighted by Gasteiger charge is -2.32. The number of fused-ring (bicyclic) bond motifs is 6. The molecule has 0 saturated carbocycles. The summed E-state index contributed by atoms with van der Waals surface area (Å²) in [6, 6.07) is 6.82. The van der Waals surface area contributed by atoms with Gasteiger partial charge in [0.1, 0.15) is 22.8 Å². The zero-order valence-corrected chi connectivity index (χ0v) is 46.0. The van der Waals surface area contributed by atoms with E-state index in [1.54, 1.807) is 19.4 Å². The fourth-order valence-corrected chi connectivity index (χ4v) is 9.34. The maximum Gasteiger partial charge on any atom is 0.534 e. The minimum absolute atomic E-state index is 0. The molecule has 24 heteroatoms. The van der Waals surface area contributed by atoms with E-state index in [2.05, 4.69) is 130 Å². The summed E-state index contributed by atoms with van der Waals surface area (Å²) < 4.78 is 90.1. The molecule has 0 amide bonds. The Labute approximate surface area is 443 Å². The number of pyridine rings is 4. The molecular formula is C52H72BF3N12O7S. The maximum absolute atomic E-state index is 12.4. The number of hydrogen-bond donors (Lipinski definition) is 2. The summed E-state index contributed by atoms with van der Waals surface area (Å²) in [5.74, 6) is 0.479. The number of aromatic nitrogens is 10. The summed E-state index contributed by atoms with van der Waals surface area (Å²) in [6.07, 6.45) is 6.21. The van der Waals surface area contributed by atoms with E-state index in [1.165, 1.54) is 13.3 Å². The molecule has 8 aromatic rings. The lowest BCUT2D eigenvalue weighted by atomic mass is 9.77. The molecule has 0 aliphatic carbocycles. The van der Waals surface area contributed by atoms with E-state index in [9.17, 15) is 21.6 Å². The van der Waals surface area contributed by atoms with Crippen molar-refractivity contribution >= 4 is 66.6 Å². The van der Waals surface area contributed by atoms with Crippen LogP contribution in [0.4, 0.5) is 13.2 Å². The first-order valence-corrected chi connectivity index (χ1v) is 26.3. The van der Waals surface area contributed by atoms with Gasteiger partial charge in [-0.3, -0.25) is 14.3 Å². The van der Waals surface area contributed by atoms with Crippen LogP contribution in [0.3, 0.4) is 0 Å². The van der Waals surface area contributed by atoms with Gasteiger partial charge in [0.2, 0.25) is 5.88 Å². The molecule has 0 spiro atoms. The molecule has 9 rings (SSSR count). The van der Waals surface area contributed by atoms with Crippen LogP contribution in [0.15, 0.2) is 49.1 Å². The zero-order valence-electron chi connectivity index (χ0n) is 45.2. The van der Waals surface area contributed by atoms with E-state index in [4.69, 9.17) is 34.0 Å². The van der Waals surface area contributed by atoms with Gasteiger partial charge in [-0.1, -0.05) is 35.1 Å². The number of likely N-dealkylation sites (N-methyl/N-ethyl adjacent to an activating group) is 2. The first-order chi connectivity index (χ1) is 35.4. The highest BCUT2D eigenvalue weighted by molar-refractivity contribution is 7.88. The van der Waals surface area contributed by atoms with E-state index in [0.29, 0.717) is 27.7 Å². The smallest absolute Gasteiger partial charge is 0.495 e. The highest BCUT2D eigenvalue weighted by atomic mass is 32.2. The van der Waals surface area contributed by atoms with Crippen LogP contribution < -0.4 is 19.1 Å². The monoisotopic (exact) mass is 1080 g/mol. The third-order valence-electron chi connectivity index (χ3n) is 14.2. The topological polar surface area (TPSA) is 206 Å². The molecule has 412 valence electrons. The number of halogens is 3. The molecule has 0 radical (unpaired) electrons. The van der Waals surface area contributed by atoms with Crippen molar-refractivity contribution in [1.82, 2.24) is 59.3 Å². The Bertz CT molecular complexity index is 3390. The Hall–Kier alpha value is -6.34. The van der Waals surface area contributed by atoms with Gasteiger partial charge in [0, 0.05) is 63.1 Å². The molecule has 19 nitrogen and oxygen atoms in total. The van der Waals surface area contributed by atoms with Crippen LogP contribution in [0.25, 0.3) is 55.1 Å². The van der Waals surface area contributed by atoms with Gasteiger partial charge in [0.15, 0.2) is 0 Å². The van der Waals surface area contributed by atoms with Crippen LogP contribution in [0.5, 0.6) is 17.4 Å². The molecule has 1 aliphatic rings. The van der Waals surface area contributed by atoms with E-state index < -0.39 is 21.5 Å². The first-order valence-electron chi connectivity index (χ1n) is 24.9. The Balaban J connectivity index is 0.000000186. The molecule has 0 aromatic carbocycles. The Kier molecular flexibility index (Phi) is 18.2. The van der Waals surface area contributed by atoms with E-state index in [1.807, 2.05) is 19.2 Å². The highest BCUT2D eigenvalue weighted by Gasteiger charge is 2.53. The highest BCUT2D eigenvalue weighted by Crippen LogP contribution is 2.38. The number of ether oxygens (including phenoxy) is 2. The normalized spacial score (nSPS) is 14.3. The van der Waals surface area contributed by atoms with Crippen molar-refractivity contribution in [2.75, 3.05) is 53.5 Å². The van der Waals surface area contributed by atoms with Gasteiger partial charge in [0.25, 0.3) is 0 Å². The molecule has 1 saturated heterocycles. The Morgan fingerprint density at radius 2 is 1.12 bits per heavy atom. The number of alkyl halides is 3. The molecule has 1 aliphatic heterocycles. The predicted molar refractivity (Wildman–Crippen MR) is 292 cm³/mol. The SMILES string of the molecule is C.CCN(CC)CCn1nc(C)c(-c2cc3c(cn2)[nH]c2ncc(OC)cc23)c1C.CCN(CC)CCn1nc(C)c(B2OC(C)(C)C(C)(C)O2)c1C.COc1cnc2[nH]c3cnc(OS(=O)(=O)C(F)(F)F)cc3c2c1. The average molecular weight is 1080 g/mol. The average Bonchev–Trinajstić information content (AvgIpc) is 4.13. The first kappa shape index (κ1) is 58.9. The quantitative estimate of drug-likeness (QED) is 0.0526. The number of rotatable bonds is 16. The lowest BCUT2D eigenvalue weighted by Crippen LogP contribution is -2.41. The predicted octanol–water partition coefficient (Wildman–Crippen LogP) is 9.07. The second kappa shape index (κ2) is 23.5. The molecule has 0 atom stereocenters. The van der Waals surface area contributed by atoms with Gasteiger partial charge in [-0.15, -0.1) is 0 Å². The van der Waals surface area contributed by atoms with Gasteiger partial charge in [-0.05, 0) is 99.8 Å². The molecule has 0 unspecified atom stereocenters. The standard InChI is InChI=1S/C22H28N6O.C17H32BN3O2.C12H8F3N3O4S.CH4/c1-6-27(7-2)8-9-28-15(4)21(14(3)26-28)19-11-17-18-10-16(29-5)12-24-22(18)25-20(17)13-23-19;1-9-20(10-2)11-12-21-14(4)15(13(3)19-21)18-22-16(5,6)17(7,8)23-18;1-21-6-2-8-7-3-10(22-23(19,20)12(13,14)15)16-5-9(7)18-11(8)17-4-6;/h10-13H,6-9H2,1-5H3,(H,24,25);9-12H2,1-8H3;2-5H,1H3,(H,17,18);1H4. The van der Waals surface area contributed by atoms with Gasteiger partial charge < -0.3 is 42.7 Å². The van der Waals surface area contributed by atoms with Gasteiger partial charge in [-0.25, -0.2) is 15.0 Å². The molecule has 9 heterocycles. The second-order valence-electron chi connectivity index (χ2n) is 19.2. The maximum atomic E-state index is 12.4. The molecule has 76 heavy (non-hydrogen) atoms. The lowest BCUT2D eigenvalue weighted by molar-refractivity contribution is -0.0501. The molecular weight excluding hydrogens is 1000 g/mol. The Morgan fingerprint density at radius 1 is 0.658 bits per heavy atom. The third-order valence-corrected chi connectivity index (χ3v) is 15.1. The summed E-state index contributed by atoms with van der Waals surface area (Å²) in [4.78, 5) is 27.9. The van der Waals surface area contributed by atoms with Crippen molar-refractivity contribution in [3.8, 4) is 28.6 Å². The largest absolute Gasteiger partial charge is 0.534 e. The summed E-state index contributed by atoms with van der Waals surface area (Å²) in [5, 5.41) is 12.6. The van der Waals surface area contributed by atoms with Crippen molar-refractivity contribution in [3.63, 3.8) is 0 Å². The van der Waals surface area contributed by atoms with Crippen molar-refractivity contribution in [3.05, 3.63) is 71.8 Å². The number of methoxy groups -OCH3 is 2. The third kappa shape index (κ3) is 12.3. The van der Waals surface area contributed by atoms with Gasteiger partial charge >= 0.3 is 22.7 Å². The second-order valence-corrected chi connectivity index (χ2v) is 20.7. The number of aryl methyl sites for hydroxylation is 2. The Morgan fingerprint density at radius 3 is 1.59 bits per heavy atom. The fourth-order valence-electron chi connectivity index (χ4n) is 8.93. The number of hydrogen-bond acceptors (Lipinski definition) is 15. The summed E-state index contributed by atoms with van der Waals surface area (Å²) in [5.41, 5.74) is 3.96. The molecule has 0 bridgehead atoms. The fraction of sp³-hybridized carbons (Fsp3) is 0.500. The summed E-state index contributed by atoms with van der Waals surface area (Å²) >= 11 is 0. The molecule has 1 fully saturated rings. The van der Waals surface area contributed by atoms with Crippen LogP contribution in [-0.2, 0) is 32.5 Å². The number of aromatic amines is 2. The number of nitrogens with zero attached hydrogens (tertiary/aromatic N) is 10. The van der Waals surface area contributed by atoms with Gasteiger partial charge in [-0.2, -0.15) is 31.8 Å². The molecule has 2 N–H and O–H groups in total. The minimum Gasteiger partial charge on any atom is -0.495 e. The number of nitrogens with one attached hydrogen (secondary N) is 2. The van der Waals surface area contributed by atoms with Crippen molar-refractivity contribution in [2.24, 2.45) is 0 Å². The van der Waals surface area contributed by atoms with Crippen LogP contribution in [0.1, 0.15) is 85.6 Å². The van der Waals surface area contributed by atoms with Crippen LogP contribution in [0.2, 0.25) is 0 Å². The van der Waals surface area contributed by atoms with E-state index in [-0.39, 0.29) is 25.7 Å². The van der Waals surface area contributed by atoms with Crippen LogP contribution in [0, 0.1) is 27.7 Å². The minimum atomic E-state index is -5.78. The van der Waals surface area contributed by atoms with Crippen molar-refractivity contribution in [2.45, 2.75) is 120 Å². The summed E-state index contributed by atoms with van der Waals surface area (Å²) in [7, 11) is -3.02. The van der Waals surface area contributed by atoms with E-state index in [0.717, 1.165) is 132 Å². The zero-order chi connectivity index (χ0) is 54.8. The summed E-state index contributed by atoms with van der Waals surface area (Å²) in [6.45, 7) is 33.5. The van der Waals surface area contributed by atoms with Crippen molar-refractivity contribution < 1.29 is 44.6 Å². The van der Waals surface area contributed by atoms with Crippen LogP contribution >= 0.6 is 0 Å². The van der Waals surface area contributed by atoms with Crippen molar-refractivity contribution in [1.29, 1.82) is 0 Å². The van der Waals surface area contributed by atoms with Gasteiger partial charge in [0.05, 0.1) is 91.4 Å². The number of H-pyrrole nitrogens is 2. The van der Waals surface area contributed by atoms with Crippen LogP contribution in [-0.4, -0.2) is 145 Å². The molecule has 8 aromatic heterocycles. The van der Waals surface area contributed by atoms with E-state index >= 15 is 0 Å².